The molecule has 1 aromatic heterocycles. The van der Waals surface area contributed by atoms with Crippen LogP contribution in [0.4, 0.5) is 32.0 Å². The topological polar surface area (TPSA) is 61.2 Å². The molecule has 244 valence electrons. The van der Waals surface area contributed by atoms with Crippen LogP contribution in [-0.2, 0) is 18.9 Å². The monoisotopic (exact) mass is 634 g/mol. The van der Waals surface area contributed by atoms with Gasteiger partial charge in [-0.25, -0.2) is 0 Å². The number of benzene rings is 2. The number of anilines is 1. The van der Waals surface area contributed by atoms with Crippen LogP contribution in [0.15, 0.2) is 60.9 Å². The number of nitrogens with one attached hydrogen (secondary N) is 1. The van der Waals surface area contributed by atoms with Crippen LogP contribution in [0.5, 0.6) is 5.75 Å². The van der Waals surface area contributed by atoms with E-state index >= 15 is 0 Å². The third-order valence-electron chi connectivity index (χ3n) is 7.41. The average molecular weight is 635 g/mol. The molecule has 11 heteroatoms. The Bertz CT molecular complexity index is 1370. The number of aryl methyl sites for hydroxylation is 1. The largest absolute Gasteiger partial charge is 0.489 e. The minimum atomic E-state index is -4.55. The molecule has 0 unspecified atom stereocenters. The van der Waals surface area contributed by atoms with Crippen molar-refractivity contribution < 1.29 is 31.1 Å². The number of halogens is 6. The van der Waals surface area contributed by atoms with Crippen LogP contribution in [0, 0.1) is 18.3 Å². The maximum atomic E-state index is 13.1. The molecule has 0 spiro atoms. The fourth-order valence-corrected chi connectivity index (χ4v) is 5.27. The lowest BCUT2D eigenvalue weighted by Crippen LogP contribution is -2.31. The Morgan fingerprint density at radius 3 is 2.07 bits per heavy atom. The van der Waals surface area contributed by atoms with Gasteiger partial charge in [-0.15, -0.1) is 0 Å². The molecule has 3 aromatic rings. The summed E-state index contributed by atoms with van der Waals surface area (Å²) < 4.78 is 82.4. The summed E-state index contributed by atoms with van der Waals surface area (Å²) >= 11 is 0. The van der Waals surface area contributed by atoms with Crippen molar-refractivity contribution in [3.63, 3.8) is 0 Å². The van der Waals surface area contributed by atoms with Crippen LogP contribution in [0.25, 0.3) is 0 Å². The number of nitrogens with zero attached hydrogens (tertiary/aromatic N) is 3. The van der Waals surface area contributed by atoms with Gasteiger partial charge in [-0.05, 0) is 106 Å². The molecule has 1 saturated carbocycles. The van der Waals surface area contributed by atoms with E-state index in [1.807, 2.05) is 13.0 Å². The summed E-state index contributed by atoms with van der Waals surface area (Å²) in [5, 5.41) is 12.0. The molecule has 1 heterocycles. The second-order valence-corrected chi connectivity index (χ2v) is 11.3. The highest BCUT2D eigenvalue weighted by atomic mass is 19.4. The molecule has 0 saturated heterocycles. The number of alkyl halides is 6. The minimum absolute atomic E-state index is 0.0782. The highest BCUT2D eigenvalue weighted by Crippen LogP contribution is 2.34. The van der Waals surface area contributed by atoms with E-state index in [1.54, 1.807) is 30.6 Å². The van der Waals surface area contributed by atoms with Crippen LogP contribution in [0.2, 0.25) is 0 Å². The van der Waals surface area contributed by atoms with Crippen LogP contribution >= 0.6 is 0 Å². The predicted octanol–water partition coefficient (Wildman–Crippen LogP) is 9.41. The Morgan fingerprint density at radius 1 is 0.889 bits per heavy atom. The van der Waals surface area contributed by atoms with E-state index in [1.165, 1.54) is 12.1 Å². The molecular formula is C34H40F6N4O. The Kier molecular flexibility index (Phi) is 13.1. The summed E-state index contributed by atoms with van der Waals surface area (Å²) in [7, 11) is 0. The molecule has 1 N–H and O–H groups in total. The SMILES string of the molecule is CCCN(CCC)Cc1ccc(C(F)(F)F)cc1.Cc1cncc(OC2CCC(Nc3ccc(C#N)c(C(F)(F)F)c3)CC2)c1. The highest BCUT2D eigenvalue weighted by Gasteiger charge is 2.34. The zero-order valence-corrected chi connectivity index (χ0v) is 25.8. The molecule has 0 atom stereocenters. The van der Waals surface area contributed by atoms with Crippen LogP contribution in [0.3, 0.4) is 0 Å². The highest BCUT2D eigenvalue weighted by molar-refractivity contribution is 5.53. The molecular weight excluding hydrogens is 594 g/mol. The molecule has 5 nitrogen and oxygen atoms in total. The normalized spacial score (nSPS) is 16.8. The summed E-state index contributed by atoms with van der Waals surface area (Å²) in [6.07, 6.45) is 0.0761. The first-order valence-corrected chi connectivity index (χ1v) is 15.2. The van der Waals surface area contributed by atoms with E-state index in [4.69, 9.17) is 10.00 Å². The van der Waals surface area contributed by atoms with Crippen molar-refractivity contribution in [1.82, 2.24) is 9.88 Å². The summed E-state index contributed by atoms with van der Waals surface area (Å²) in [4.78, 5) is 6.38. The van der Waals surface area contributed by atoms with Crippen molar-refractivity contribution in [3.8, 4) is 11.8 Å². The van der Waals surface area contributed by atoms with Crippen molar-refractivity contribution in [1.29, 1.82) is 5.26 Å². The van der Waals surface area contributed by atoms with E-state index in [0.29, 0.717) is 5.69 Å². The Hall–Kier alpha value is -3.78. The lowest BCUT2D eigenvalue weighted by molar-refractivity contribution is -0.138. The van der Waals surface area contributed by atoms with Gasteiger partial charge in [-0.3, -0.25) is 9.88 Å². The van der Waals surface area contributed by atoms with E-state index in [2.05, 4.69) is 29.0 Å². The van der Waals surface area contributed by atoms with Crippen molar-refractivity contribution in [2.75, 3.05) is 18.4 Å². The smallest absolute Gasteiger partial charge is 0.417 e. The maximum Gasteiger partial charge on any atom is 0.417 e. The molecule has 0 amide bonds. The molecule has 1 aliphatic carbocycles. The van der Waals surface area contributed by atoms with Gasteiger partial charge < -0.3 is 10.1 Å². The number of pyridine rings is 1. The van der Waals surface area contributed by atoms with E-state index in [-0.39, 0.29) is 17.7 Å². The summed E-state index contributed by atoms with van der Waals surface area (Å²) in [5.41, 5.74) is 0.502. The Morgan fingerprint density at radius 2 is 1.53 bits per heavy atom. The van der Waals surface area contributed by atoms with Crippen molar-refractivity contribution in [2.45, 2.75) is 90.3 Å². The van der Waals surface area contributed by atoms with Gasteiger partial charge in [0.2, 0.25) is 0 Å². The van der Waals surface area contributed by atoms with Crippen LogP contribution < -0.4 is 10.1 Å². The van der Waals surface area contributed by atoms with Gasteiger partial charge in [0.05, 0.1) is 35.1 Å². The second kappa shape index (κ2) is 16.5. The number of nitriles is 1. The number of hydrogen-bond donors (Lipinski definition) is 1. The third-order valence-corrected chi connectivity index (χ3v) is 7.41. The van der Waals surface area contributed by atoms with Gasteiger partial charge in [0, 0.05) is 24.5 Å². The second-order valence-electron chi connectivity index (χ2n) is 11.3. The molecule has 1 fully saturated rings. The Labute approximate surface area is 261 Å². The Balaban J connectivity index is 0.000000268. The van der Waals surface area contributed by atoms with Gasteiger partial charge in [0.1, 0.15) is 5.75 Å². The summed E-state index contributed by atoms with van der Waals surface area (Å²) in [6, 6.07) is 12.8. The molecule has 0 radical (unpaired) electrons. The van der Waals surface area contributed by atoms with Gasteiger partial charge >= 0.3 is 12.4 Å². The average Bonchev–Trinajstić information content (AvgIpc) is 2.98. The van der Waals surface area contributed by atoms with Crippen LogP contribution in [-0.4, -0.2) is 35.1 Å². The predicted molar refractivity (Wildman–Crippen MR) is 163 cm³/mol. The van der Waals surface area contributed by atoms with Crippen molar-refractivity contribution in [2.24, 2.45) is 0 Å². The number of ether oxygens (including phenoxy) is 1. The molecule has 1 aliphatic rings. The first kappa shape index (κ1) is 35.7. The van der Waals surface area contributed by atoms with Gasteiger partial charge in [-0.1, -0.05) is 26.0 Å². The van der Waals surface area contributed by atoms with Gasteiger partial charge in [0.15, 0.2) is 0 Å². The lowest BCUT2D eigenvalue weighted by Gasteiger charge is -2.30. The van der Waals surface area contributed by atoms with E-state index in [0.717, 1.165) is 93.2 Å². The molecule has 45 heavy (non-hydrogen) atoms. The number of aromatic nitrogens is 1. The zero-order valence-electron chi connectivity index (χ0n) is 25.8. The summed E-state index contributed by atoms with van der Waals surface area (Å²) in [6.45, 7) is 8.85. The fourth-order valence-electron chi connectivity index (χ4n) is 5.27. The van der Waals surface area contributed by atoms with Gasteiger partial charge in [-0.2, -0.15) is 31.6 Å². The fraction of sp³-hybridized carbons (Fsp3) is 0.471. The van der Waals surface area contributed by atoms with Crippen molar-refractivity contribution >= 4 is 5.69 Å². The molecule has 4 rings (SSSR count). The van der Waals surface area contributed by atoms with E-state index in [9.17, 15) is 26.3 Å². The number of rotatable bonds is 10. The third kappa shape index (κ3) is 11.6. The molecule has 2 aromatic carbocycles. The summed E-state index contributed by atoms with van der Waals surface area (Å²) in [5.74, 6) is 0.744. The van der Waals surface area contributed by atoms with E-state index < -0.39 is 23.5 Å². The van der Waals surface area contributed by atoms with Crippen molar-refractivity contribution in [3.05, 3.63) is 88.7 Å². The zero-order chi connectivity index (χ0) is 33.0. The first-order chi connectivity index (χ1) is 21.3. The van der Waals surface area contributed by atoms with Gasteiger partial charge in [0.25, 0.3) is 0 Å². The molecule has 0 aliphatic heterocycles. The first-order valence-electron chi connectivity index (χ1n) is 15.2. The maximum absolute atomic E-state index is 13.1. The lowest BCUT2D eigenvalue weighted by atomic mass is 9.92. The minimum Gasteiger partial charge on any atom is -0.489 e. The standard InChI is InChI=1S/C20H20F3N3O.C14H20F3N/c1-13-8-18(12-25-11-13)27-17-6-4-15(5-7-17)26-16-3-2-14(10-24)19(9-16)20(21,22)23;1-3-9-18(10-4-2)11-12-5-7-13(8-6-12)14(15,16)17/h2-3,8-9,11-12,15,17,26H,4-7H2,1H3;5-8H,3-4,9-11H2,1-2H3. The quantitative estimate of drug-likeness (QED) is 0.225. The van der Waals surface area contributed by atoms with Crippen LogP contribution in [0.1, 0.15) is 80.2 Å². The number of hydrogen-bond acceptors (Lipinski definition) is 5. The molecule has 0 bridgehead atoms.